The van der Waals surface area contributed by atoms with Gasteiger partial charge in [0.15, 0.2) is 0 Å². The molecule has 1 aromatic heterocycles. The Morgan fingerprint density at radius 1 is 0.577 bits per heavy atom. The Hall–Kier alpha value is -3.39. The first-order valence-corrected chi connectivity index (χ1v) is 8.59. The monoisotopic (exact) mass is 338 g/mol. The van der Waals surface area contributed by atoms with E-state index in [1.54, 1.807) is 0 Å². The molecule has 4 rings (SSSR count). The molecule has 0 unspecified atom stereocenters. The Bertz CT molecular complexity index is 1080. The minimum absolute atomic E-state index is 0.320. The molecule has 4 aromatic rings. The van der Waals surface area contributed by atoms with E-state index in [4.69, 9.17) is 4.42 Å². The van der Waals surface area contributed by atoms with E-state index in [0.29, 0.717) is 11.3 Å². The van der Waals surface area contributed by atoms with Crippen LogP contribution in [0.1, 0.15) is 5.56 Å². The topological polar surface area (TPSA) is 30.2 Å². The summed E-state index contributed by atoms with van der Waals surface area (Å²) in [6, 6.07) is 29.5. The van der Waals surface area contributed by atoms with Gasteiger partial charge in [0.1, 0.15) is 5.76 Å². The lowest BCUT2D eigenvalue weighted by atomic mass is 9.91. The molecule has 0 bridgehead atoms. The van der Waals surface area contributed by atoms with Crippen LogP contribution in [0.3, 0.4) is 0 Å². The fraction of sp³-hybridized carbons (Fsp3) is 0.0417. The minimum Gasteiger partial charge on any atom is -0.422 e. The van der Waals surface area contributed by atoms with Crippen molar-refractivity contribution in [1.29, 1.82) is 0 Å². The van der Waals surface area contributed by atoms with E-state index in [-0.39, 0.29) is 5.63 Å². The Morgan fingerprint density at radius 2 is 1.00 bits per heavy atom. The predicted molar refractivity (Wildman–Crippen MR) is 106 cm³/mol. The molecule has 0 spiro atoms. The molecule has 0 saturated carbocycles. The van der Waals surface area contributed by atoms with Gasteiger partial charge in [-0.3, -0.25) is 0 Å². The van der Waals surface area contributed by atoms with E-state index in [9.17, 15) is 4.79 Å². The van der Waals surface area contributed by atoms with Gasteiger partial charge in [-0.25, -0.2) is 4.79 Å². The van der Waals surface area contributed by atoms with Crippen LogP contribution in [-0.2, 0) is 0 Å². The Balaban J connectivity index is 2.08. The molecule has 126 valence electrons. The second kappa shape index (κ2) is 6.85. The van der Waals surface area contributed by atoms with Crippen molar-refractivity contribution in [3.63, 3.8) is 0 Å². The van der Waals surface area contributed by atoms with E-state index in [1.807, 2.05) is 97.9 Å². The molecule has 0 fully saturated rings. The van der Waals surface area contributed by atoms with Crippen LogP contribution in [-0.4, -0.2) is 0 Å². The van der Waals surface area contributed by atoms with Crippen LogP contribution in [0.15, 0.2) is 100 Å². The first-order valence-electron chi connectivity index (χ1n) is 8.59. The maximum atomic E-state index is 13.0. The third-order valence-corrected chi connectivity index (χ3v) is 4.53. The van der Waals surface area contributed by atoms with Gasteiger partial charge in [-0.15, -0.1) is 0 Å². The van der Waals surface area contributed by atoms with Gasteiger partial charge >= 0.3 is 5.63 Å². The largest absolute Gasteiger partial charge is 0.422 e. The standard InChI is InChI=1S/C24H18O2/c1-17-21(18-11-5-2-6-12-18)22(19-13-7-3-8-14-19)24(25)26-23(17)20-15-9-4-10-16-20/h2-16H,1H3. The van der Waals surface area contributed by atoms with Crippen molar-refractivity contribution in [1.82, 2.24) is 0 Å². The highest BCUT2D eigenvalue weighted by Crippen LogP contribution is 2.37. The lowest BCUT2D eigenvalue weighted by Gasteiger charge is -2.15. The van der Waals surface area contributed by atoms with Crippen LogP contribution < -0.4 is 5.63 Å². The van der Waals surface area contributed by atoms with E-state index < -0.39 is 0 Å². The number of hydrogen-bond donors (Lipinski definition) is 0. The van der Waals surface area contributed by atoms with Crippen LogP contribution in [0, 0.1) is 6.92 Å². The van der Waals surface area contributed by atoms with E-state index in [1.165, 1.54) is 0 Å². The molecular weight excluding hydrogens is 320 g/mol. The normalized spacial score (nSPS) is 10.7. The lowest BCUT2D eigenvalue weighted by molar-refractivity contribution is 0.525. The third kappa shape index (κ3) is 2.86. The molecule has 2 heteroatoms. The SMILES string of the molecule is Cc1c(-c2ccccc2)oc(=O)c(-c2ccccc2)c1-c1ccccc1. The maximum absolute atomic E-state index is 13.0. The molecule has 0 aliphatic rings. The second-order valence-electron chi connectivity index (χ2n) is 6.19. The summed E-state index contributed by atoms with van der Waals surface area (Å²) in [7, 11) is 0. The number of hydrogen-bond acceptors (Lipinski definition) is 2. The smallest absolute Gasteiger partial charge is 0.344 e. The van der Waals surface area contributed by atoms with Gasteiger partial charge in [0.25, 0.3) is 0 Å². The van der Waals surface area contributed by atoms with Crippen molar-refractivity contribution < 1.29 is 4.42 Å². The lowest BCUT2D eigenvalue weighted by Crippen LogP contribution is -2.08. The van der Waals surface area contributed by atoms with Crippen molar-refractivity contribution in [2.24, 2.45) is 0 Å². The van der Waals surface area contributed by atoms with E-state index in [2.05, 4.69) is 0 Å². The zero-order chi connectivity index (χ0) is 17.9. The molecule has 2 nitrogen and oxygen atoms in total. The highest BCUT2D eigenvalue weighted by atomic mass is 16.4. The van der Waals surface area contributed by atoms with Gasteiger partial charge in [0.05, 0.1) is 5.56 Å². The molecule has 0 N–H and O–H groups in total. The Morgan fingerprint density at radius 3 is 1.50 bits per heavy atom. The van der Waals surface area contributed by atoms with Crippen LogP contribution in [0.5, 0.6) is 0 Å². The van der Waals surface area contributed by atoms with Gasteiger partial charge in [0.2, 0.25) is 0 Å². The summed E-state index contributed by atoms with van der Waals surface area (Å²) in [5.74, 6) is 0.620. The molecule has 3 aromatic carbocycles. The van der Waals surface area contributed by atoms with Crippen LogP contribution >= 0.6 is 0 Å². The molecule has 0 aliphatic heterocycles. The maximum Gasteiger partial charge on any atom is 0.344 e. The highest BCUT2D eigenvalue weighted by molar-refractivity contribution is 5.87. The van der Waals surface area contributed by atoms with E-state index in [0.717, 1.165) is 27.8 Å². The first kappa shape index (κ1) is 16.1. The molecule has 0 radical (unpaired) electrons. The van der Waals surface area contributed by atoms with Crippen LogP contribution in [0.2, 0.25) is 0 Å². The highest BCUT2D eigenvalue weighted by Gasteiger charge is 2.20. The molecule has 0 atom stereocenters. The van der Waals surface area contributed by atoms with Crippen molar-refractivity contribution in [2.45, 2.75) is 6.92 Å². The van der Waals surface area contributed by atoms with E-state index >= 15 is 0 Å². The number of benzene rings is 3. The third-order valence-electron chi connectivity index (χ3n) is 4.53. The van der Waals surface area contributed by atoms with Crippen LogP contribution in [0.25, 0.3) is 33.6 Å². The zero-order valence-electron chi connectivity index (χ0n) is 14.5. The van der Waals surface area contributed by atoms with Crippen molar-refractivity contribution in [2.75, 3.05) is 0 Å². The first-order chi connectivity index (χ1) is 12.8. The van der Waals surface area contributed by atoms with Gasteiger partial charge in [-0.1, -0.05) is 91.0 Å². The van der Waals surface area contributed by atoms with Crippen molar-refractivity contribution in [3.8, 4) is 33.6 Å². The quantitative estimate of drug-likeness (QED) is 0.462. The molecule has 0 amide bonds. The summed E-state index contributed by atoms with van der Waals surface area (Å²) in [6.45, 7) is 2.01. The molecule has 26 heavy (non-hydrogen) atoms. The molecular formula is C24H18O2. The average Bonchev–Trinajstić information content (AvgIpc) is 2.71. The summed E-state index contributed by atoms with van der Waals surface area (Å²) in [4.78, 5) is 13.0. The number of rotatable bonds is 3. The molecule has 0 aliphatic carbocycles. The van der Waals surface area contributed by atoms with Crippen molar-refractivity contribution in [3.05, 3.63) is 107 Å². The average molecular weight is 338 g/mol. The summed E-state index contributed by atoms with van der Waals surface area (Å²) in [5.41, 5.74) is 4.94. The molecule has 0 saturated heterocycles. The minimum atomic E-state index is -0.320. The fourth-order valence-electron chi connectivity index (χ4n) is 3.32. The summed E-state index contributed by atoms with van der Waals surface area (Å²) in [5, 5.41) is 0. The van der Waals surface area contributed by atoms with Crippen molar-refractivity contribution >= 4 is 0 Å². The van der Waals surface area contributed by atoms with Gasteiger partial charge in [0, 0.05) is 16.7 Å². The molecule has 1 heterocycles. The van der Waals surface area contributed by atoms with Gasteiger partial charge in [-0.2, -0.15) is 0 Å². The summed E-state index contributed by atoms with van der Waals surface area (Å²) < 4.78 is 5.79. The fourth-order valence-corrected chi connectivity index (χ4v) is 3.32. The van der Waals surface area contributed by atoms with Crippen LogP contribution in [0.4, 0.5) is 0 Å². The van der Waals surface area contributed by atoms with Gasteiger partial charge in [-0.05, 0) is 18.1 Å². The second-order valence-corrected chi connectivity index (χ2v) is 6.19. The Kier molecular flexibility index (Phi) is 4.24. The summed E-state index contributed by atoms with van der Waals surface area (Å²) in [6.07, 6.45) is 0. The Labute approximate surface area is 152 Å². The zero-order valence-corrected chi connectivity index (χ0v) is 14.5. The predicted octanol–water partition coefficient (Wildman–Crippen LogP) is 5.95. The van der Waals surface area contributed by atoms with Gasteiger partial charge < -0.3 is 4.42 Å². The summed E-state index contributed by atoms with van der Waals surface area (Å²) >= 11 is 0.